The molecule has 184 valence electrons. The van der Waals surface area contributed by atoms with Crippen molar-refractivity contribution in [3.05, 3.63) is 78.9 Å². The molecule has 3 N–H and O–H groups in total. The lowest BCUT2D eigenvalue weighted by atomic mass is 10.1. The zero-order valence-corrected chi connectivity index (χ0v) is 21.3. The molecule has 0 saturated carbocycles. The van der Waals surface area contributed by atoms with E-state index in [4.69, 9.17) is 10.6 Å². The Morgan fingerprint density at radius 1 is 1.00 bits per heavy atom. The first-order valence-corrected chi connectivity index (χ1v) is 13.1. The molecule has 0 saturated heterocycles. The molecule has 1 aliphatic heterocycles. The van der Waals surface area contributed by atoms with Gasteiger partial charge in [-0.2, -0.15) is 5.10 Å². The van der Waals surface area contributed by atoms with Crippen molar-refractivity contribution < 1.29 is 9.53 Å². The maximum absolute atomic E-state index is 13.5. The zero-order valence-electron chi connectivity index (χ0n) is 19.7. The molecule has 1 aliphatic rings. The highest BCUT2D eigenvalue weighted by Gasteiger charge is 2.28. The van der Waals surface area contributed by atoms with Crippen LogP contribution in [-0.4, -0.2) is 43.8 Å². The largest absolute Gasteiger partial charge is 0.497 e. The minimum Gasteiger partial charge on any atom is -0.497 e. The van der Waals surface area contributed by atoms with E-state index in [1.165, 1.54) is 16.4 Å². The van der Waals surface area contributed by atoms with E-state index in [-0.39, 0.29) is 11.7 Å². The van der Waals surface area contributed by atoms with E-state index in [9.17, 15) is 4.79 Å². The van der Waals surface area contributed by atoms with E-state index < -0.39 is 0 Å². The van der Waals surface area contributed by atoms with Crippen molar-refractivity contribution in [3.8, 4) is 28.5 Å². The molecule has 37 heavy (non-hydrogen) atoms. The van der Waals surface area contributed by atoms with E-state index in [0.717, 1.165) is 38.2 Å². The van der Waals surface area contributed by atoms with Crippen molar-refractivity contribution in [2.24, 2.45) is 0 Å². The lowest BCUT2D eigenvalue weighted by molar-refractivity contribution is -0.115. The van der Waals surface area contributed by atoms with Gasteiger partial charge in [0, 0.05) is 15.4 Å². The second-order valence-electron chi connectivity index (χ2n) is 8.13. The standard InChI is InChI=1S/C26H21N7O2S2/c1-35-17-12-10-16(11-13-17)18-14-19(29-28-18)25-30-31-26(33(25)27)36-15-24(34)32-20-6-2-4-8-22(20)37-23-9-5-3-7-21(23)32/h2-14H,15,27H2,1H3,(H,28,29). The van der Waals surface area contributed by atoms with Crippen LogP contribution < -0.4 is 15.5 Å². The van der Waals surface area contributed by atoms with Gasteiger partial charge in [0.05, 0.1) is 29.9 Å². The van der Waals surface area contributed by atoms with Crippen molar-refractivity contribution in [2.45, 2.75) is 14.9 Å². The highest BCUT2D eigenvalue weighted by molar-refractivity contribution is 8.00. The highest BCUT2D eigenvalue weighted by atomic mass is 32.2. The lowest BCUT2D eigenvalue weighted by Crippen LogP contribution is -2.30. The molecule has 0 unspecified atom stereocenters. The van der Waals surface area contributed by atoms with E-state index in [2.05, 4.69) is 20.4 Å². The van der Waals surface area contributed by atoms with Gasteiger partial charge in [0.2, 0.25) is 16.9 Å². The Morgan fingerprint density at radius 2 is 1.68 bits per heavy atom. The number of fused-ring (bicyclic) bond motifs is 2. The Bertz CT molecular complexity index is 1550. The van der Waals surface area contributed by atoms with Crippen LogP contribution >= 0.6 is 23.5 Å². The number of methoxy groups -OCH3 is 1. The first-order valence-electron chi connectivity index (χ1n) is 11.3. The van der Waals surface area contributed by atoms with Gasteiger partial charge in [-0.25, -0.2) is 4.68 Å². The first kappa shape index (κ1) is 23.2. The maximum atomic E-state index is 13.5. The molecule has 3 aromatic carbocycles. The summed E-state index contributed by atoms with van der Waals surface area (Å²) in [5.41, 5.74) is 4.03. The summed E-state index contributed by atoms with van der Waals surface area (Å²) in [6.07, 6.45) is 0. The Labute approximate surface area is 221 Å². The van der Waals surface area contributed by atoms with Gasteiger partial charge in [-0.1, -0.05) is 47.8 Å². The number of amides is 1. The summed E-state index contributed by atoms with van der Waals surface area (Å²) in [4.78, 5) is 17.3. The number of hydrogen-bond donors (Lipinski definition) is 2. The van der Waals surface area contributed by atoms with Gasteiger partial charge >= 0.3 is 0 Å². The number of aromatic nitrogens is 5. The molecule has 9 nitrogen and oxygen atoms in total. The number of nitrogens with zero attached hydrogens (tertiary/aromatic N) is 5. The molecule has 0 spiro atoms. The molecule has 2 aromatic heterocycles. The average molecular weight is 528 g/mol. The second-order valence-corrected chi connectivity index (χ2v) is 10.2. The smallest absolute Gasteiger partial charge is 0.242 e. The third kappa shape index (κ3) is 4.32. The number of thioether (sulfide) groups is 1. The predicted octanol–water partition coefficient (Wildman–Crippen LogP) is 4.98. The Balaban J connectivity index is 1.21. The van der Waals surface area contributed by atoms with Crippen LogP contribution in [0.4, 0.5) is 11.4 Å². The molecule has 0 atom stereocenters. The number of para-hydroxylation sites is 2. The van der Waals surface area contributed by atoms with Gasteiger partial charge in [0.1, 0.15) is 11.4 Å². The number of carbonyl (C=O) groups excluding carboxylic acids is 1. The maximum Gasteiger partial charge on any atom is 0.242 e. The van der Waals surface area contributed by atoms with E-state index in [1.807, 2.05) is 78.9 Å². The van der Waals surface area contributed by atoms with Crippen LogP contribution in [0, 0.1) is 0 Å². The topological polar surface area (TPSA) is 115 Å². The summed E-state index contributed by atoms with van der Waals surface area (Å²) < 4.78 is 6.59. The van der Waals surface area contributed by atoms with Gasteiger partial charge < -0.3 is 10.6 Å². The summed E-state index contributed by atoms with van der Waals surface area (Å²) in [7, 11) is 1.63. The summed E-state index contributed by atoms with van der Waals surface area (Å²) in [6.45, 7) is 0. The Morgan fingerprint density at radius 3 is 2.35 bits per heavy atom. The molecule has 6 rings (SSSR count). The van der Waals surface area contributed by atoms with Crippen LogP contribution in [0.25, 0.3) is 22.8 Å². The zero-order chi connectivity index (χ0) is 25.4. The molecular formula is C26H21N7O2S2. The minimum absolute atomic E-state index is 0.0712. The molecule has 0 aliphatic carbocycles. The third-order valence-corrected chi connectivity index (χ3v) is 7.93. The van der Waals surface area contributed by atoms with Crippen LogP contribution in [0.1, 0.15) is 0 Å². The Hall–Kier alpha value is -4.22. The number of rotatable bonds is 6. The average Bonchev–Trinajstić information content (AvgIpc) is 3.57. The number of carbonyl (C=O) groups is 1. The van der Waals surface area contributed by atoms with Crippen LogP contribution in [0.15, 0.2) is 93.8 Å². The monoisotopic (exact) mass is 527 g/mol. The highest BCUT2D eigenvalue weighted by Crippen LogP contribution is 2.48. The van der Waals surface area contributed by atoms with Crippen LogP contribution in [0.2, 0.25) is 0 Å². The van der Waals surface area contributed by atoms with Gasteiger partial charge in [-0.05, 0) is 54.6 Å². The summed E-state index contributed by atoms with van der Waals surface area (Å²) in [5.74, 6) is 7.58. The fourth-order valence-electron chi connectivity index (χ4n) is 4.07. The summed E-state index contributed by atoms with van der Waals surface area (Å²) >= 11 is 2.90. The SMILES string of the molecule is COc1ccc(-c2cc(-c3nnc(SCC(=O)N4c5ccccc5Sc5ccccc54)n3N)[nH]n2)cc1. The van der Waals surface area contributed by atoms with Crippen molar-refractivity contribution in [1.29, 1.82) is 0 Å². The van der Waals surface area contributed by atoms with Crippen LogP contribution in [-0.2, 0) is 4.79 Å². The number of nitrogens with two attached hydrogens (primary N) is 1. The van der Waals surface area contributed by atoms with Crippen molar-refractivity contribution in [1.82, 2.24) is 25.1 Å². The minimum atomic E-state index is -0.0712. The number of aromatic amines is 1. The predicted molar refractivity (Wildman–Crippen MR) is 145 cm³/mol. The fourth-order valence-corrected chi connectivity index (χ4v) is 5.83. The van der Waals surface area contributed by atoms with Crippen molar-refractivity contribution in [3.63, 3.8) is 0 Å². The second kappa shape index (κ2) is 9.68. The van der Waals surface area contributed by atoms with E-state index in [0.29, 0.717) is 16.7 Å². The summed E-state index contributed by atoms with van der Waals surface area (Å²) in [5, 5.41) is 16.2. The normalized spacial score (nSPS) is 12.2. The van der Waals surface area contributed by atoms with Crippen LogP contribution in [0.5, 0.6) is 5.75 Å². The molecule has 5 aromatic rings. The van der Waals surface area contributed by atoms with E-state index in [1.54, 1.807) is 23.8 Å². The molecule has 0 fully saturated rings. The number of anilines is 2. The molecule has 11 heteroatoms. The lowest BCUT2D eigenvalue weighted by Gasteiger charge is -2.30. The summed E-state index contributed by atoms with van der Waals surface area (Å²) in [6, 6.07) is 25.3. The molecule has 1 amide bonds. The first-order chi connectivity index (χ1) is 18.1. The van der Waals surface area contributed by atoms with Crippen molar-refractivity contribution in [2.75, 3.05) is 23.6 Å². The van der Waals surface area contributed by atoms with E-state index >= 15 is 0 Å². The number of benzene rings is 3. The molecule has 0 bridgehead atoms. The number of ether oxygens (including phenoxy) is 1. The van der Waals surface area contributed by atoms with Gasteiger partial charge in [-0.15, -0.1) is 10.2 Å². The number of nitrogens with one attached hydrogen (secondary N) is 1. The number of H-pyrrole nitrogens is 1. The number of hydrogen-bond acceptors (Lipinski definition) is 8. The third-order valence-electron chi connectivity index (χ3n) is 5.88. The molecular weight excluding hydrogens is 506 g/mol. The fraction of sp³-hybridized carbons (Fsp3) is 0.0769. The molecule has 3 heterocycles. The molecule has 0 radical (unpaired) electrons. The Kier molecular flexibility index (Phi) is 6.07. The quantitative estimate of drug-likeness (QED) is 0.235. The van der Waals surface area contributed by atoms with Gasteiger partial charge in [0.15, 0.2) is 0 Å². The number of nitrogen functional groups attached to an aromatic ring is 1. The van der Waals surface area contributed by atoms with Crippen LogP contribution in [0.3, 0.4) is 0 Å². The van der Waals surface area contributed by atoms with Gasteiger partial charge in [-0.3, -0.25) is 14.8 Å². The van der Waals surface area contributed by atoms with Gasteiger partial charge in [0.25, 0.3) is 0 Å². The van der Waals surface area contributed by atoms with Crippen molar-refractivity contribution >= 4 is 40.8 Å².